The topological polar surface area (TPSA) is 31.2 Å². The number of carbonyl (C=O) groups is 1. The zero-order chi connectivity index (χ0) is 17.4. The van der Waals surface area contributed by atoms with Crippen molar-refractivity contribution in [1.82, 2.24) is 4.57 Å². The number of aromatic nitrogens is 1. The molecule has 0 fully saturated rings. The molecular weight excluding hydrogens is 310 g/mol. The van der Waals surface area contributed by atoms with Crippen molar-refractivity contribution in [2.24, 2.45) is 0 Å². The molecule has 0 amide bonds. The number of benzene rings is 3. The van der Waals surface area contributed by atoms with E-state index in [0.717, 1.165) is 21.8 Å². The molecule has 4 aromatic rings. The summed E-state index contributed by atoms with van der Waals surface area (Å²) in [6.45, 7) is 3.80. The number of hydrogen-bond donors (Lipinski definition) is 0. The van der Waals surface area contributed by atoms with E-state index in [0.29, 0.717) is 5.75 Å². The Balaban J connectivity index is 1.88. The lowest BCUT2D eigenvalue weighted by Gasteiger charge is -2.26. The molecule has 0 aliphatic rings. The van der Waals surface area contributed by atoms with Crippen LogP contribution in [0.25, 0.3) is 21.8 Å². The maximum atomic E-state index is 13.0. The van der Waals surface area contributed by atoms with Crippen molar-refractivity contribution in [3.05, 3.63) is 78.9 Å². The van der Waals surface area contributed by atoms with E-state index < -0.39 is 5.54 Å². The summed E-state index contributed by atoms with van der Waals surface area (Å²) >= 11 is 0. The van der Waals surface area contributed by atoms with Crippen molar-refractivity contribution < 1.29 is 9.53 Å². The monoisotopic (exact) mass is 329 g/mol. The molecule has 0 saturated heterocycles. The molecule has 3 nitrogen and oxygen atoms in total. The highest BCUT2D eigenvalue weighted by molar-refractivity contribution is 6.09. The fourth-order valence-corrected chi connectivity index (χ4v) is 3.34. The number of carbonyl (C=O) groups excluding carboxylic acids is 1. The number of para-hydroxylation sites is 3. The van der Waals surface area contributed by atoms with Crippen LogP contribution in [0.1, 0.15) is 13.8 Å². The first kappa shape index (κ1) is 15.5. The van der Waals surface area contributed by atoms with E-state index >= 15 is 0 Å². The summed E-state index contributed by atoms with van der Waals surface area (Å²) < 4.78 is 7.71. The van der Waals surface area contributed by atoms with Gasteiger partial charge in [0.05, 0.1) is 11.0 Å². The Morgan fingerprint density at radius 1 is 0.760 bits per heavy atom. The largest absolute Gasteiger partial charge is 0.425 e. The molecule has 0 spiro atoms. The first-order valence-corrected chi connectivity index (χ1v) is 8.35. The smallest absolute Gasteiger partial charge is 0.337 e. The van der Waals surface area contributed by atoms with Crippen LogP contribution in [0, 0.1) is 0 Å². The van der Waals surface area contributed by atoms with Gasteiger partial charge in [0.15, 0.2) is 0 Å². The fourth-order valence-electron chi connectivity index (χ4n) is 3.34. The molecule has 0 unspecified atom stereocenters. The van der Waals surface area contributed by atoms with E-state index in [4.69, 9.17) is 4.74 Å². The van der Waals surface area contributed by atoms with Gasteiger partial charge in [-0.25, -0.2) is 4.79 Å². The van der Waals surface area contributed by atoms with Crippen LogP contribution in [0.2, 0.25) is 0 Å². The van der Waals surface area contributed by atoms with Gasteiger partial charge < -0.3 is 9.30 Å². The average Bonchev–Trinajstić information content (AvgIpc) is 2.98. The summed E-state index contributed by atoms with van der Waals surface area (Å²) in [6, 6.07) is 25.5. The Bertz CT molecular complexity index is 1010. The Labute approximate surface area is 146 Å². The van der Waals surface area contributed by atoms with Crippen molar-refractivity contribution in [3.8, 4) is 5.75 Å². The lowest BCUT2D eigenvalue weighted by molar-refractivity contribution is -0.142. The van der Waals surface area contributed by atoms with Crippen molar-refractivity contribution in [2.75, 3.05) is 0 Å². The normalized spacial score (nSPS) is 11.8. The van der Waals surface area contributed by atoms with Gasteiger partial charge in [-0.15, -0.1) is 0 Å². The standard InChI is InChI=1S/C22H19NO2/c1-22(2,21(24)25-16-10-4-3-5-11-16)23-19-14-8-6-12-17(19)18-13-7-9-15-20(18)23/h3-15H,1-2H3. The van der Waals surface area contributed by atoms with Crippen LogP contribution in [-0.2, 0) is 10.3 Å². The molecule has 0 aliphatic heterocycles. The molecular formula is C22H19NO2. The predicted octanol–water partition coefficient (Wildman–Crippen LogP) is 5.14. The first-order valence-electron chi connectivity index (χ1n) is 8.35. The van der Waals surface area contributed by atoms with Crippen LogP contribution in [-0.4, -0.2) is 10.5 Å². The molecule has 0 radical (unpaired) electrons. The van der Waals surface area contributed by atoms with Crippen LogP contribution >= 0.6 is 0 Å². The van der Waals surface area contributed by atoms with E-state index in [1.807, 2.05) is 68.4 Å². The number of rotatable bonds is 3. The van der Waals surface area contributed by atoms with Gasteiger partial charge in [-0.1, -0.05) is 54.6 Å². The van der Waals surface area contributed by atoms with Gasteiger partial charge >= 0.3 is 5.97 Å². The zero-order valence-electron chi connectivity index (χ0n) is 14.3. The average molecular weight is 329 g/mol. The van der Waals surface area contributed by atoms with E-state index in [1.165, 1.54) is 0 Å². The van der Waals surface area contributed by atoms with Crippen molar-refractivity contribution in [2.45, 2.75) is 19.4 Å². The lowest BCUT2D eigenvalue weighted by atomic mass is 10.0. The van der Waals surface area contributed by atoms with Crippen LogP contribution < -0.4 is 4.74 Å². The Kier molecular flexibility index (Phi) is 3.57. The third-order valence-electron chi connectivity index (χ3n) is 4.59. The summed E-state index contributed by atoms with van der Waals surface area (Å²) in [5.41, 5.74) is 1.20. The second kappa shape index (κ2) is 5.78. The predicted molar refractivity (Wildman–Crippen MR) is 101 cm³/mol. The summed E-state index contributed by atoms with van der Waals surface area (Å²) in [5, 5.41) is 2.28. The highest BCUT2D eigenvalue weighted by atomic mass is 16.5. The van der Waals surface area contributed by atoms with Gasteiger partial charge in [-0.3, -0.25) is 0 Å². The number of esters is 1. The van der Waals surface area contributed by atoms with Crippen molar-refractivity contribution in [3.63, 3.8) is 0 Å². The molecule has 0 saturated carbocycles. The van der Waals surface area contributed by atoms with Gasteiger partial charge in [0.2, 0.25) is 0 Å². The van der Waals surface area contributed by atoms with E-state index in [2.05, 4.69) is 16.7 Å². The fraction of sp³-hybridized carbons (Fsp3) is 0.136. The van der Waals surface area contributed by atoms with Crippen molar-refractivity contribution in [1.29, 1.82) is 0 Å². The minimum absolute atomic E-state index is 0.287. The molecule has 1 aromatic heterocycles. The molecule has 124 valence electrons. The second-order valence-corrected chi connectivity index (χ2v) is 6.63. The van der Waals surface area contributed by atoms with E-state index in [9.17, 15) is 4.79 Å². The van der Waals surface area contributed by atoms with Gasteiger partial charge in [0.25, 0.3) is 0 Å². The summed E-state index contributed by atoms with van der Waals surface area (Å²) in [5.74, 6) is 0.270. The second-order valence-electron chi connectivity index (χ2n) is 6.63. The van der Waals surface area contributed by atoms with Crippen LogP contribution in [0.15, 0.2) is 78.9 Å². The molecule has 1 heterocycles. The first-order chi connectivity index (χ1) is 12.1. The highest BCUT2D eigenvalue weighted by Gasteiger charge is 2.34. The number of hydrogen-bond acceptors (Lipinski definition) is 2. The molecule has 3 heteroatoms. The van der Waals surface area contributed by atoms with Gasteiger partial charge in [0, 0.05) is 10.8 Å². The molecule has 25 heavy (non-hydrogen) atoms. The van der Waals surface area contributed by atoms with Gasteiger partial charge in [-0.05, 0) is 38.1 Å². The maximum absolute atomic E-state index is 13.0. The Morgan fingerprint density at radius 3 is 1.80 bits per heavy atom. The quantitative estimate of drug-likeness (QED) is 0.385. The van der Waals surface area contributed by atoms with Crippen molar-refractivity contribution >= 4 is 27.8 Å². The molecule has 0 N–H and O–H groups in total. The molecule has 3 aromatic carbocycles. The third-order valence-corrected chi connectivity index (χ3v) is 4.59. The Hall–Kier alpha value is -3.07. The minimum atomic E-state index is -0.849. The summed E-state index contributed by atoms with van der Waals surface area (Å²) in [7, 11) is 0. The van der Waals surface area contributed by atoms with E-state index in [1.54, 1.807) is 12.1 Å². The SMILES string of the molecule is CC(C)(C(=O)Oc1ccccc1)n1c2ccccc2c2ccccc21. The van der Waals surface area contributed by atoms with Crippen LogP contribution in [0.4, 0.5) is 0 Å². The number of nitrogens with zero attached hydrogens (tertiary/aromatic N) is 1. The van der Waals surface area contributed by atoms with Crippen LogP contribution in [0.5, 0.6) is 5.75 Å². The molecule has 0 aliphatic carbocycles. The van der Waals surface area contributed by atoms with Crippen LogP contribution in [0.3, 0.4) is 0 Å². The van der Waals surface area contributed by atoms with Gasteiger partial charge in [-0.2, -0.15) is 0 Å². The summed E-state index contributed by atoms with van der Waals surface area (Å²) in [4.78, 5) is 13.0. The van der Waals surface area contributed by atoms with E-state index in [-0.39, 0.29) is 5.97 Å². The lowest BCUT2D eigenvalue weighted by Crippen LogP contribution is -2.39. The van der Waals surface area contributed by atoms with Gasteiger partial charge in [0.1, 0.15) is 11.3 Å². The minimum Gasteiger partial charge on any atom is -0.425 e. The molecule has 4 rings (SSSR count). The highest BCUT2D eigenvalue weighted by Crippen LogP contribution is 2.34. The summed E-state index contributed by atoms with van der Waals surface area (Å²) in [6.07, 6.45) is 0. The number of fused-ring (bicyclic) bond motifs is 3. The zero-order valence-corrected chi connectivity index (χ0v) is 14.3. The maximum Gasteiger partial charge on any atom is 0.337 e. The number of ether oxygens (including phenoxy) is 1. The third kappa shape index (κ3) is 2.49. The molecule has 0 atom stereocenters. The Morgan fingerprint density at radius 2 is 1.24 bits per heavy atom. The molecule has 0 bridgehead atoms.